The Morgan fingerprint density at radius 2 is 1.43 bits per heavy atom. The first-order chi connectivity index (χ1) is 6.00. The summed E-state index contributed by atoms with van der Waals surface area (Å²) in [5, 5.41) is 0.125. The SMILES string of the molecule is CCC(C)(C)[Si](Cl)(Cl)C(C)(C)C(C)C. The predicted octanol–water partition coefficient (Wildman–Crippen LogP) is 5.53. The van der Waals surface area contributed by atoms with Gasteiger partial charge in [0.2, 0.25) is 0 Å². The van der Waals surface area contributed by atoms with Gasteiger partial charge in [0.15, 0.2) is 0 Å². The molecule has 0 atom stereocenters. The highest BCUT2D eigenvalue weighted by Gasteiger charge is 2.56. The summed E-state index contributed by atoms with van der Waals surface area (Å²) < 4.78 is 0. The molecule has 0 fully saturated rings. The first kappa shape index (κ1) is 14.8. The smallest absolute Gasteiger partial charge is 0.145 e. The summed E-state index contributed by atoms with van der Waals surface area (Å²) >= 11 is 13.4. The first-order valence-corrected chi connectivity index (χ1v) is 9.41. The molecule has 86 valence electrons. The minimum Gasteiger partial charge on any atom is -0.145 e. The second-order valence-electron chi connectivity index (χ2n) is 5.69. The molecular weight excluding hydrogens is 231 g/mol. The average molecular weight is 255 g/mol. The van der Waals surface area contributed by atoms with Crippen LogP contribution in [0.1, 0.15) is 54.9 Å². The van der Waals surface area contributed by atoms with Crippen LogP contribution in [-0.2, 0) is 0 Å². The Kier molecular flexibility index (Phi) is 4.59. The fourth-order valence-electron chi connectivity index (χ4n) is 1.46. The third-order valence-corrected chi connectivity index (χ3v) is 14.2. The fourth-order valence-corrected chi connectivity index (χ4v) is 6.48. The van der Waals surface area contributed by atoms with Gasteiger partial charge in [-0.1, -0.05) is 54.9 Å². The highest BCUT2D eigenvalue weighted by atomic mass is 35.7. The van der Waals surface area contributed by atoms with Crippen LogP contribution in [0.15, 0.2) is 0 Å². The third-order valence-electron chi connectivity index (χ3n) is 3.99. The molecule has 0 unspecified atom stereocenters. The third kappa shape index (κ3) is 2.30. The van der Waals surface area contributed by atoms with Crippen LogP contribution in [0.2, 0.25) is 10.1 Å². The first-order valence-electron chi connectivity index (χ1n) is 5.38. The predicted molar refractivity (Wildman–Crippen MR) is 70.7 cm³/mol. The molecular formula is C11H24Cl2Si. The highest BCUT2D eigenvalue weighted by molar-refractivity contribution is 7.47. The van der Waals surface area contributed by atoms with Gasteiger partial charge in [-0.3, -0.25) is 0 Å². The van der Waals surface area contributed by atoms with Crippen LogP contribution in [0.5, 0.6) is 0 Å². The molecule has 0 aliphatic rings. The summed E-state index contributed by atoms with van der Waals surface area (Å²) in [6.45, 7) is 13.1. The van der Waals surface area contributed by atoms with Crippen molar-refractivity contribution in [2.45, 2.75) is 65.0 Å². The van der Waals surface area contributed by atoms with E-state index in [9.17, 15) is 0 Å². The van der Waals surface area contributed by atoms with Crippen molar-refractivity contribution < 1.29 is 0 Å². The lowest BCUT2D eigenvalue weighted by molar-refractivity contribution is 0.445. The van der Waals surface area contributed by atoms with Crippen LogP contribution < -0.4 is 0 Å². The van der Waals surface area contributed by atoms with Crippen molar-refractivity contribution in [2.24, 2.45) is 5.92 Å². The lowest BCUT2D eigenvalue weighted by atomic mass is 9.99. The molecule has 0 aromatic rings. The number of rotatable bonds is 4. The summed E-state index contributed by atoms with van der Waals surface area (Å²) in [5.74, 6) is 0.523. The molecule has 0 aliphatic carbocycles. The van der Waals surface area contributed by atoms with E-state index < -0.39 is 6.69 Å². The Hall–Kier alpha value is 0.797. The number of hydrogen-bond donors (Lipinski definition) is 0. The minimum absolute atomic E-state index is 0.0512. The van der Waals surface area contributed by atoms with E-state index in [2.05, 4.69) is 48.5 Å². The standard InChI is InChI=1S/C11H24Cl2Si/c1-8-10(4,5)14(12,13)11(6,7)9(2)3/h9H,8H2,1-7H3. The Labute approximate surface area is 99.8 Å². The molecule has 3 heteroatoms. The lowest BCUT2D eigenvalue weighted by Crippen LogP contribution is -2.46. The molecule has 0 saturated heterocycles. The van der Waals surface area contributed by atoms with Gasteiger partial charge in [-0.2, -0.15) is 0 Å². The minimum atomic E-state index is -2.28. The Balaban J connectivity index is 5.14. The van der Waals surface area contributed by atoms with E-state index in [4.69, 9.17) is 22.2 Å². The maximum absolute atomic E-state index is 6.72. The molecule has 0 N–H and O–H groups in total. The van der Waals surface area contributed by atoms with E-state index in [1.165, 1.54) is 0 Å². The van der Waals surface area contributed by atoms with Crippen LogP contribution in [0.3, 0.4) is 0 Å². The monoisotopic (exact) mass is 254 g/mol. The lowest BCUT2D eigenvalue weighted by Gasteiger charge is -2.47. The number of hydrogen-bond acceptors (Lipinski definition) is 0. The van der Waals surface area contributed by atoms with Gasteiger partial charge in [0.1, 0.15) is 0 Å². The van der Waals surface area contributed by atoms with E-state index in [1.54, 1.807) is 0 Å². The molecule has 0 amide bonds. The van der Waals surface area contributed by atoms with Crippen molar-refractivity contribution in [1.82, 2.24) is 0 Å². The maximum Gasteiger partial charge on any atom is 0.262 e. The van der Waals surface area contributed by atoms with Crippen molar-refractivity contribution in [3.05, 3.63) is 0 Å². The summed E-state index contributed by atoms with van der Waals surface area (Å²) in [7, 11) is 0. The Bertz CT molecular complexity index is 195. The van der Waals surface area contributed by atoms with Crippen LogP contribution in [0, 0.1) is 5.92 Å². The molecule has 0 bridgehead atoms. The molecule has 0 aromatic carbocycles. The van der Waals surface area contributed by atoms with Gasteiger partial charge in [-0.15, -0.1) is 22.2 Å². The Morgan fingerprint density at radius 3 is 1.64 bits per heavy atom. The van der Waals surface area contributed by atoms with Crippen LogP contribution in [0.4, 0.5) is 0 Å². The summed E-state index contributed by atoms with van der Waals surface area (Å²) in [6, 6.07) is 0. The van der Waals surface area contributed by atoms with Gasteiger partial charge < -0.3 is 0 Å². The number of halogens is 2. The zero-order valence-electron chi connectivity index (χ0n) is 10.5. The molecule has 0 saturated carbocycles. The van der Waals surface area contributed by atoms with Gasteiger partial charge in [-0.25, -0.2) is 0 Å². The van der Waals surface area contributed by atoms with E-state index in [-0.39, 0.29) is 10.1 Å². The quantitative estimate of drug-likeness (QED) is 0.457. The molecule has 0 nitrogen and oxygen atoms in total. The summed E-state index contributed by atoms with van der Waals surface area (Å²) in [5.41, 5.74) is 0. The molecule has 0 heterocycles. The average Bonchev–Trinajstić information content (AvgIpc) is 2.03. The molecule has 0 rings (SSSR count). The van der Waals surface area contributed by atoms with Gasteiger partial charge in [0, 0.05) is 0 Å². The van der Waals surface area contributed by atoms with Gasteiger partial charge in [0.05, 0.1) is 0 Å². The van der Waals surface area contributed by atoms with E-state index in [0.717, 1.165) is 6.42 Å². The van der Waals surface area contributed by atoms with E-state index >= 15 is 0 Å². The molecule has 14 heavy (non-hydrogen) atoms. The summed E-state index contributed by atoms with van der Waals surface area (Å²) in [4.78, 5) is 0. The highest BCUT2D eigenvalue weighted by Crippen LogP contribution is 2.60. The van der Waals surface area contributed by atoms with Gasteiger partial charge in [0.25, 0.3) is 6.69 Å². The topological polar surface area (TPSA) is 0 Å². The van der Waals surface area contributed by atoms with Crippen LogP contribution >= 0.6 is 22.2 Å². The van der Waals surface area contributed by atoms with E-state index in [0.29, 0.717) is 5.92 Å². The Morgan fingerprint density at radius 1 is 1.07 bits per heavy atom. The van der Waals surface area contributed by atoms with Crippen LogP contribution in [-0.4, -0.2) is 6.69 Å². The van der Waals surface area contributed by atoms with E-state index in [1.807, 2.05) is 0 Å². The largest absolute Gasteiger partial charge is 0.262 e. The van der Waals surface area contributed by atoms with Gasteiger partial charge in [-0.05, 0) is 16.0 Å². The van der Waals surface area contributed by atoms with Crippen molar-refractivity contribution in [3.8, 4) is 0 Å². The van der Waals surface area contributed by atoms with Crippen molar-refractivity contribution in [2.75, 3.05) is 0 Å². The second-order valence-corrected chi connectivity index (χ2v) is 13.5. The van der Waals surface area contributed by atoms with Crippen LogP contribution in [0.25, 0.3) is 0 Å². The molecule has 0 aliphatic heterocycles. The summed E-state index contributed by atoms with van der Waals surface area (Å²) in [6.07, 6.45) is 1.04. The zero-order valence-corrected chi connectivity index (χ0v) is 13.1. The normalized spacial score (nSPS) is 15.0. The van der Waals surface area contributed by atoms with Gasteiger partial charge >= 0.3 is 0 Å². The molecule has 0 radical (unpaired) electrons. The zero-order chi connectivity index (χ0) is 11.8. The van der Waals surface area contributed by atoms with Crippen molar-refractivity contribution in [1.29, 1.82) is 0 Å². The second kappa shape index (κ2) is 4.35. The van der Waals surface area contributed by atoms with Crippen molar-refractivity contribution >= 4 is 28.9 Å². The van der Waals surface area contributed by atoms with Crippen molar-refractivity contribution in [3.63, 3.8) is 0 Å². The molecule has 0 aromatic heterocycles. The fraction of sp³-hybridized carbons (Fsp3) is 1.00. The molecule has 0 spiro atoms. The maximum atomic E-state index is 6.72.